The molecular formula is C20H15F3O6. The van der Waals surface area contributed by atoms with Gasteiger partial charge in [0.1, 0.15) is 11.3 Å². The lowest BCUT2D eigenvalue weighted by Crippen LogP contribution is -2.16. The van der Waals surface area contributed by atoms with Crippen LogP contribution >= 0.6 is 0 Å². The molecule has 0 spiro atoms. The highest BCUT2D eigenvalue weighted by molar-refractivity contribution is 6.06. The van der Waals surface area contributed by atoms with Crippen molar-refractivity contribution in [2.45, 2.75) is 19.2 Å². The largest absolute Gasteiger partial charge is 0.573 e. The molecule has 0 aliphatic heterocycles. The summed E-state index contributed by atoms with van der Waals surface area (Å²) in [6.45, 7) is 0. The number of ether oxygens (including phenoxy) is 2. The zero-order valence-corrected chi connectivity index (χ0v) is 15.1. The van der Waals surface area contributed by atoms with Crippen LogP contribution in [0.1, 0.15) is 22.5 Å². The Morgan fingerprint density at radius 3 is 2.55 bits per heavy atom. The predicted octanol–water partition coefficient (Wildman–Crippen LogP) is 4.80. The topological polar surface area (TPSA) is 86.0 Å². The molecule has 152 valence electrons. The maximum absolute atomic E-state index is 12.6. The first-order valence-corrected chi connectivity index (χ1v) is 8.39. The molecular weight excluding hydrogens is 393 g/mol. The van der Waals surface area contributed by atoms with Crippen LogP contribution < -0.4 is 4.74 Å². The van der Waals surface area contributed by atoms with Gasteiger partial charge in [0.25, 0.3) is 0 Å². The second-order valence-electron chi connectivity index (χ2n) is 6.09. The minimum absolute atomic E-state index is 0.104. The number of rotatable bonds is 6. The van der Waals surface area contributed by atoms with Crippen LogP contribution in [0.25, 0.3) is 22.1 Å². The van der Waals surface area contributed by atoms with Gasteiger partial charge in [-0.05, 0) is 35.7 Å². The van der Waals surface area contributed by atoms with Crippen LogP contribution in [0.5, 0.6) is 5.75 Å². The normalized spacial score (nSPS) is 11.4. The Balaban J connectivity index is 2.09. The molecule has 0 unspecified atom stereocenters. The zero-order valence-electron chi connectivity index (χ0n) is 15.1. The molecule has 1 heterocycles. The third kappa shape index (κ3) is 4.68. The molecule has 0 saturated heterocycles. The monoisotopic (exact) mass is 408 g/mol. The molecule has 0 atom stereocenters. The molecule has 0 bridgehead atoms. The number of alkyl halides is 3. The molecule has 2 aromatic carbocycles. The van der Waals surface area contributed by atoms with Crippen LogP contribution in [-0.2, 0) is 16.0 Å². The number of carbonyl (C=O) groups is 2. The number of hydrogen-bond donors (Lipinski definition) is 1. The summed E-state index contributed by atoms with van der Waals surface area (Å²) in [5.41, 5.74) is 1.38. The number of furan rings is 1. The molecule has 0 aliphatic carbocycles. The molecule has 0 amide bonds. The van der Waals surface area contributed by atoms with Crippen LogP contribution in [0.15, 0.2) is 46.9 Å². The van der Waals surface area contributed by atoms with E-state index in [0.29, 0.717) is 12.0 Å². The summed E-state index contributed by atoms with van der Waals surface area (Å²) >= 11 is 0. The van der Waals surface area contributed by atoms with E-state index in [0.717, 1.165) is 17.7 Å². The number of aromatic carboxylic acids is 1. The van der Waals surface area contributed by atoms with E-state index in [1.54, 1.807) is 24.3 Å². The Bertz CT molecular complexity index is 1070. The van der Waals surface area contributed by atoms with Gasteiger partial charge in [0.15, 0.2) is 0 Å². The lowest BCUT2D eigenvalue weighted by atomic mass is 9.98. The van der Waals surface area contributed by atoms with E-state index in [1.807, 2.05) is 0 Å². The van der Waals surface area contributed by atoms with E-state index in [9.17, 15) is 27.9 Å². The average Bonchev–Trinajstić information content (AvgIpc) is 3.04. The number of fused-ring (bicyclic) bond motifs is 1. The maximum atomic E-state index is 12.6. The first-order chi connectivity index (χ1) is 13.7. The van der Waals surface area contributed by atoms with Gasteiger partial charge in [0.2, 0.25) is 5.76 Å². The molecule has 3 aromatic rings. The number of carboxylic acids is 1. The van der Waals surface area contributed by atoms with Gasteiger partial charge >= 0.3 is 18.3 Å². The van der Waals surface area contributed by atoms with Crippen LogP contribution in [-0.4, -0.2) is 30.5 Å². The van der Waals surface area contributed by atoms with Gasteiger partial charge in [-0.1, -0.05) is 24.3 Å². The number of carbonyl (C=O) groups excluding carboxylic acids is 1. The Labute approximate surface area is 162 Å². The molecule has 6 nitrogen and oxygen atoms in total. The number of halogens is 3. The van der Waals surface area contributed by atoms with Gasteiger partial charge in [-0.3, -0.25) is 4.79 Å². The van der Waals surface area contributed by atoms with Gasteiger partial charge < -0.3 is 19.0 Å². The van der Waals surface area contributed by atoms with Crippen LogP contribution in [0.3, 0.4) is 0 Å². The van der Waals surface area contributed by atoms with E-state index < -0.39 is 29.8 Å². The van der Waals surface area contributed by atoms with Crippen molar-refractivity contribution in [1.82, 2.24) is 0 Å². The SMILES string of the molecule is COC(=O)CCc1cccc(-c2c(C(=O)O)oc3ccc(OC(F)(F)F)cc23)c1. The summed E-state index contributed by atoms with van der Waals surface area (Å²) < 4.78 is 51.5. The Kier molecular flexibility index (Phi) is 5.49. The summed E-state index contributed by atoms with van der Waals surface area (Å²) in [6.07, 6.45) is -4.41. The van der Waals surface area contributed by atoms with E-state index in [-0.39, 0.29) is 23.0 Å². The molecule has 1 aromatic heterocycles. The Morgan fingerprint density at radius 2 is 1.90 bits per heavy atom. The molecule has 9 heteroatoms. The van der Waals surface area contributed by atoms with Gasteiger partial charge in [0.05, 0.1) is 7.11 Å². The predicted molar refractivity (Wildman–Crippen MR) is 95.6 cm³/mol. The van der Waals surface area contributed by atoms with E-state index in [1.165, 1.54) is 13.2 Å². The molecule has 0 fully saturated rings. The van der Waals surface area contributed by atoms with Gasteiger partial charge in [0, 0.05) is 17.4 Å². The number of benzene rings is 2. The molecule has 3 rings (SSSR count). The highest BCUT2D eigenvalue weighted by Crippen LogP contribution is 2.38. The van der Waals surface area contributed by atoms with Gasteiger partial charge in [-0.15, -0.1) is 13.2 Å². The van der Waals surface area contributed by atoms with Gasteiger partial charge in [-0.2, -0.15) is 0 Å². The van der Waals surface area contributed by atoms with E-state index >= 15 is 0 Å². The first kappa shape index (κ1) is 20.2. The smallest absolute Gasteiger partial charge is 0.475 e. The van der Waals surface area contributed by atoms with Crippen molar-refractivity contribution >= 4 is 22.9 Å². The van der Waals surface area contributed by atoms with Crippen molar-refractivity contribution in [1.29, 1.82) is 0 Å². The van der Waals surface area contributed by atoms with Crippen molar-refractivity contribution in [2.24, 2.45) is 0 Å². The molecule has 0 aliphatic rings. The number of carboxylic acid groups (broad SMARTS) is 1. The van der Waals surface area contributed by atoms with Crippen LogP contribution in [0.2, 0.25) is 0 Å². The lowest BCUT2D eigenvalue weighted by molar-refractivity contribution is -0.274. The zero-order chi connectivity index (χ0) is 21.2. The molecule has 29 heavy (non-hydrogen) atoms. The highest BCUT2D eigenvalue weighted by atomic mass is 19.4. The molecule has 1 N–H and O–H groups in total. The summed E-state index contributed by atoms with van der Waals surface area (Å²) in [5.74, 6) is -2.67. The lowest BCUT2D eigenvalue weighted by Gasteiger charge is -2.09. The number of methoxy groups -OCH3 is 1. The second kappa shape index (κ2) is 7.86. The van der Waals surface area contributed by atoms with Gasteiger partial charge in [-0.25, -0.2) is 4.79 Å². The maximum Gasteiger partial charge on any atom is 0.573 e. The fourth-order valence-electron chi connectivity index (χ4n) is 2.94. The number of aryl methyl sites for hydroxylation is 1. The quantitative estimate of drug-likeness (QED) is 0.590. The molecule has 0 radical (unpaired) electrons. The van der Waals surface area contributed by atoms with Crippen molar-refractivity contribution in [3.05, 3.63) is 53.8 Å². The second-order valence-corrected chi connectivity index (χ2v) is 6.09. The van der Waals surface area contributed by atoms with Crippen molar-refractivity contribution in [2.75, 3.05) is 7.11 Å². The number of hydrogen-bond acceptors (Lipinski definition) is 5. The molecule has 0 saturated carbocycles. The Hall–Kier alpha value is -3.49. The summed E-state index contributed by atoms with van der Waals surface area (Å²) in [5, 5.41) is 9.66. The Morgan fingerprint density at radius 1 is 1.14 bits per heavy atom. The number of esters is 1. The van der Waals surface area contributed by atoms with Crippen LogP contribution in [0, 0.1) is 0 Å². The standard InChI is InChI=1S/C20H15F3O6/c1-27-16(24)8-5-11-3-2-4-12(9-11)17-14-10-13(29-20(21,22)23)6-7-15(14)28-18(17)19(25)26/h2-4,6-7,9-10H,5,8H2,1H3,(H,25,26). The fourth-order valence-corrected chi connectivity index (χ4v) is 2.94. The van der Waals surface area contributed by atoms with Crippen molar-refractivity contribution in [3.63, 3.8) is 0 Å². The van der Waals surface area contributed by atoms with E-state index in [4.69, 9.17) is 4.42 Å². The summed E-state index contributed by atoms with van der Waals surface area (Å²) in [7, 11) is 1.27. The van der Waals surface area contributed by atoms with Crippen molar-refractivity contribution < 1.29 is 41.8 Å². The third-order valence-corrected chi connectivity index (χ3v) is 4.15. The fraction of sp³-hybridized carbons (Fsp3) is 0.200. The minimum atomic E-state index is -4.89. The summed E-state index contributed by atoms with van der Waals surface area (Å²) in [4.78, 5) is 23.0. The highest BCUT2D eigenvalue weighted by Gasteiger charge is 2.31. The minimum Gasteiger partial charge on any atom is -0.475 e. The van der Waals surface area contributed by atoms with Crippen LogP contribution in [0.4, 0.5) is 13.2 Å². The average molecular weight is 408 g/mol. The third-order valence-electron chi connectivity index (χ3n) is 4.15. The summed E-state index contributed by atoms with van der Waals surface area (Å²) in [6, 6.07) is 9.99. The first-order valence-electron chi connectivity index (χ1n) is 8.39. The van der Waals surface area contributed by atoms with E-state index in [2.05, 4.69) is 9.47 Å². The van der Waals surface area contributed by atoms with Crippen molar-refractivity contribution in [3.8, 4) is 16.9 Å².